The molecule has 1 heterocycles. The van der Waals surface area contributed by atoms with E-state index in [0.29, 0.717) is 15.3 Å². The molecule has 0 bridgehead atoms. The maximum atomic E-state index is 14.9. The largest absolute Gasteiger partial charge is 0.205 e. The minimum atomic E-state index is -0.257. The highest BCUT2D eigenvalue weighted by Gasteiger charge is 2.22. The molecule has 4 rings (SSSR count). The van der Waals surface area contributed by atoms with Gasteiger partial charge in [-0.15, -0.1) is 11.3 Å². The Kier molecular flexibility index (Phi) is 3.18. The van der Waals surface area contributed by atoms with Gasteiger partial charge in [-0.05, 0) is 30.4 Å². The molecule has 21 heavy (non-hydrogen) atoms. The molecule has 108 valence electrons. The molecule has 3 aromatic rings. The second-order valence-electron chi connectivity index (χ2n) is 5.90. The van der Waals surface area contributed by atoms with Crippen LogP contribution in [-0.4, -0.2) is 0 Å². The smallest absolute Gasteiger partial charge is 0.144 e. The van der Waals surface area contributed by atoms with Crippen molar-refractivity contribution in [2.75, 3.05) is 0 Å². The topological polar surface area (TPSA) is 0 Å². The predicted molar refractivity (Wildman–Crippen MR) is 85.1 cm³/mol. The minimum Gasteiger partial charge on any atom is -0.205 e. The molecular weight excluding hydrogens is 286 g/mol. The summed E-state index contributed by atoms with van der Waals surface area (Å²) in [4.78, 5) is 0. The van der Waals surface area contributed by atoms with Gasteiger partial charge in [-0.3, -0.25) is 0 Å². The van der Waals surface area contributed by atoms with E-state index in [0.717, 1.165) is 29.2 Å². The van der Waals surface area contributed by atoms with Crippen LogP contribution in [0.3, 0.4) is 0 Å². The number of fused-ring (bicyclic) bond motifs is 3. The summed E-state index contributed by atoms with van der Waals surface area (Å²) in [7, 11) is 0. The van der Waals surface area contributed by atoms with Crippen LogP contribution in [0.25, 0.3) is 20.2 Å². The van der Waals surface area contributed by atoms with Gasteiger partial charge in [-0.2, -0.15) is 0 Å². The number of rotatable bonds is 1. The lowest BCUT2D eigenvalue weighted by Gasteiger charge is -2.22. The van der Waals surface area contributed by atoms with Crippen LogP contribution in [0, 0.1) is 11.6 Å². The number of hydrogen-bond acceptors (Lipinski definition) is 1. The van der Waals surface area contributed by atoms with E-state index in [1.54, 1.807) is 6.07 Å². The van der Waals surface area contributed by atoms with E-state index in [9.17, 15) is 8.78 Å². The standard InChI is InChI=1S/C18H16F2S/c19-15-8-4-7-13-14-10-9-12(11-5-2-1-3-6-11)16(20)18(14)21-17(13)15/h4,7-11H,1-3,5-6H2. The summed E-state index contributed by atoms with van der Waals surface area (Å²) in [6.07, 6.45) is 5.77. The monoisotopic (exact) mass is 302 g/mol. The molecule has 1 aliphatic rings. The maximum Gasteiger partial charge on any atom is 0.144 e. The summed E-state index contributed by atoms with van der Waals surface area (Å²) >= 11 is 1.24. The molecule has 1 aliphatic carbocycles. The van der Waals surface area contributed by atoms with Gasteiger partial charge >= 0.3 is 0 Å². The molecule has 2 aromatic carbocycles. The summed E-state index contributed by atoms with van der Waals surface area (Å²) in [6, 6.07) is 8.90. The lowest BCUT2D eigenvalue weighted by Crippen LogP contribution is -2.06. The third kappa shape index (κ3) is 2.06. The molecule has 1 aromatic heterocycles. The second kappa shape index (κ2) is 5.06. The van der Waals surface area contributed by atoms with E-state index in [1.807, 2.05) is 18.2 Å². The van der Waals surface area contributed by atoms with Gasteiger partial charge in [0.15, 0.2) is 0 Å². The molecule has 1 saturated carbocycles. The third-order valence-electron chi connectivity index (χ3n) is 4.63. The van der Waals surface area contributed by atoms with E-state index in [2.05, 4.69) is 0 Å². The highest BCUT2D eigenvalue weighted by Crippen LogP contribution is 2.41. The summed E-state index contributed by atoms with van der Waals surface area (Å²) in [5.74, 6) is -0.0504. The molecule has 0 aliphatic heterocycles. The first-order valence-corrected chi connectivity index (χ1v) is 8.36. The SMILES string of the molecule is Fc1cccc2c1sc1c(F)c(C3CCCCC3)ccc12. The van der Waals surface area contributed by atoms with Gasteiger partial charge in [0.1, 0.15) is 11.6 Å². The molecule has 0 radical (unpaired) electrons. The van der Waals surface area contributed by atoms with Crippen LogP contribution in [0.4, 0.5) is 8.78 Å². The average molecular weight is 302 g/mol. The van der Waals surface area contributed by atoms with E-state index < -0.39 is 0 Å². The first kappa shape index (κ1) is 13.2. The Balaban J connectivity index is 1.94. The first-order chi connectivity index (χ1) is 10.3. The Morgan fingerprint density at radius 3 is 2.43 bits per heavy atom. The van der Waals surface area contributed by atoms with Gasteiger partial charge in [0.2, 0.25) is 0 Å². The van der Waals surface area contributed by atoms with Gasteiger partial charge in [0.25, 0.3) is 0 Å². The van der Waals surface area contributed by atoms with E-state index in [4.69, 9.17) is 0 Å². The van der Waals surface area contributed by atoms with Crippen LogP contribution < -0.4 is 0 Å². The van der Waals surface area contributed by atoms with Crippen LogP contribution in [0.2, 0.25) is 0 Å². The van der Waals surface area contributed by atoms with Crippen LogP contribution in [0.1, 0.15) is 43.6 Å². The van der Waals surface area contributed by atoms with Gasteiger partial charge < -0.3 is 0 Å². The lowest BCUT2D eigenvalue weighted by molar-refractivity contribution is 0.431. The Morgan fingerprint density at radius 1 is 0.857 bits per heavy atom. The summed E-state index contributed by atoms with van der Waals surface area (Å²) < 4.78 is 30.0. The molecule has 0 N–H and O–H groups in total. The number of hydrogen-bond donors (Lipinski definition) is 0. The van der Waals surface area contributed by atoms with Crippen molar-refractivity contribution in [3.8, 4) is 0 Å². The Bertz CT molecular complexity index is 813. The van der Waals surface area contributed by atoms with Crippen molar-refractivity contribution in [1.29, 1.82) is 0 Å². The fraction of sp³-hybridized carbons (Fsp3) is 0.333. The molecule has 3 heteroatoms. The molecule has 0 nitrogen and oxygen atoms in total. The van der Waals surface area contributed by atoms with Crippen molar-refractivity contribution < 1.29 is 8.78 Å². The number of halogens is 2. The zero-order valence-corrected chi connectivity index (χ0v) is 12.5. The Morgan fingerprint density at radius 2 is 1.62 bits per heavy atom. The van der Waals surface area contributed by atoms with Crippen LogP contribution in [0.15, 0.2) is 30.3 Å². The van der Waals surface area contributed by atoms with E-state index >= 15 is 0 Å². The fourth-order valence-corrected chi connectivity index (χ4v) is 4.69. The highest BCUT2D eigenvalue weighted by molar-refractivity contribution is 7.25. The Labute approximate surface area is 126 Å². The van der Waals surface area contributed by atoms with E-state index in [1.165, 1.54) is 36.7 Å². The lowest BCUT2D eigenvalue weighted by atomic mass is 9.83. The summed E-state index contributed by atoms with van der Waals surface area (Å²) in [5.41, 5.74) is 0.828. The van der Waals surface area contributed by atoms with Gasteiger partial charge in [-0.1, -0.05) is 43.5 Å². The second-order valence-corrected chi connectivity index (χ2v) is 6.92. The van der Waals surface area contributed by atoms with Crippen molar-refractivity contribution in [3.05, 3.63) is 47.5 Å². The van der Waals surface area contributed by atoms with Crippen LogP contribution in [-0.2, 0) is 0 Å². The molecule has 0 spiro atoms. The molecule has 0 atom stereocenters. The molecule has 0 saturated heterocycles. The number of thiophene rings is 1. The summed E-state index contributed by atoms with van der Waals surface area (Å²) in [6.45, 7) is 0. The fourth-order valence-electron chi connectivity index (χ4n) is 3.54. The van der Waals surface area contributed by atoms with Gasteiger partial charge in [0.05, 0.1) is 9.40 Å². The van der Waals surface area contributed by atoms with Crippen LogP contribution in [0.5, 0.6) is 0 Å². The van der Waals surface area contributed by atoms with Crippen molar-refractivity contribution in [1.82, 2.24) is 0 Å². The molecule has 1 fully saturated rings. The summed E-state index contributed by atoms with van der Waals surface area (Å²) in [5, 5.41) is 1.66. The van der Waals surface area contributed by atoms with E-state index in [-0.39, 0.29) is 11.6 Å². The van der Waals surface area contributed by atoms with Crippen molar-refractivity contribution in [3.63, 3.8) is 0 Å². The van der Waals surface area contributed by atoms with Crippen molar-refractivity contribution >= 4 is 31.5 Å². The quantitative estimate of drug-likeness (QED) is 0.489. The van der Waals surface area contributed by atoms with Gasteiger partial charge in [-0.25, -0.2) is 8.78 Å². The zero-order chi connectivity index (χ0) is 14.4. The highest BCUT2D eigenvalue weighted by atomic mass is 32.1. The molecule has 0 unspecified atom stereocenters. The number of benzene rings is 2. The normalized spacial score (nSPS) is 16.9. The van der Waals surface area contributed by atoms with Crippen molar-refractivity contribution in [2.24, 2.45) is 0 Å². The first-order valence-electron chi connectivity index (χ1n) is 7.55. The maximum absolute atomic E-state index is 14.9. The molecular formula is C18H16F2S. The predicted octanol–water partition coefficient (Wildman–Crippen LogP) is 6.38. The van der Waals surface area contributed by atoms with Gasteiger partial charge in [0, 0.05) is 10.8 Å². The minimum absolute atomic E-state index is 0.125. The van der Waals surface area contributed by atoms with Crippen LogP contribution >= 0.6 is 11.3 Å². The molecule has 0 amide bonds. The average Bonchev–Trinajstić information content (AvgIpc) is 2.90. The third-order valence-corrected chi connectivity index (χ3v) is 5.86. The Hall–Kier alpha value is -1.48. The van der Waals surface area contributed by atoms with Crippen molar-refractivity contribution in [2.45, 2.75) is 38.0 Å². The zero-order valence-electron chi connectivity index (χ0n) is 11.7.